The molecule has 0 unspecified atom stereocenters. The van der Waals surface area contributed by atoms with Crippen LogP contribution in [0.2, 0.25) is 0 Å². The molecule has 0 bridgehead atoms. The van der Waals surface area contributed by atoms with Crippen molar-refractivity contribution in [1.29, 1.82) is 0 Å². The molecule has 5 heteroatoms. The standard InChI is InChI=1S/C10H16N2O3/c13-8(7-2-1-5-11-7)12-6-10(3-4-10)9(14)15/h7,11H,1-6H2,(H,12,13)(H,14,15)/t7-/m0/s1. The van der Waals surface area contributed by atoms with E-state index in [2.05, 4.69) is 10.6 Å². The normalized spacial score (nSPS) is 27.3. The first kappa shape index (κ1) is 10.4. The molecule has 0 aromatic carbocycles. The second-order valence-corrected chi connectivity index (χ2v) is 4.45. The van der Waals surface area contributed by atoms with Gasteiger partial charge in [-0.05, 0) is 32.2 Å². The Morgan fingerprint density at radius 2 is 2.20 bits per heavy atom. The van der Waals surface area contributed by atoms with Gasteiger partial charge in [0.05, 0.1) is 11.5 Å². The summed E-state index contributed by atoms with van der Waals surface area (Å²) in [6.07, 6.45) is 3.23. The fraction of sp³-hybridized carbons (Fsp3) is 0.800. The highest BCUT2D eigenvalue weighted by atomic mass is 16.4. The minimum atomic E-state index is -0.790. The van der Waals surface area contributed by atoms with Gasteiger partial charge in [-0.3, -0.25) is 9.59 Å². The largest absolute Gasteiger partial charge is 0.481 e. The zero-order valence-corrected chi connectivity index (χ0v) is 8.58. The third kappa shape index (κ3) is 2.12. The number of nitrogens with one attached hydrogen (secondary N) is 2. The zero-order chi connectivity index (χ0) is 10.9. The van der Waals surface area contributed by atoms with E-state index in [0.29, 0.717) is 12.8 Å². The number of aliphatic carboxylic acids is 1. The van der Waals surface area contributed by atoms with Gasteiger partial charge < -0.3 is 15.7 Å². The lowest BCUT2D eigenvalue weighted by Gasteiger charge is -2.14. The summed E-state index contributed by atoms with van der Waals surface area (Å²) in [5, 5.41) is 14.7. The average molecular weight is 212 g/mol. The minimum Gasteiger partial charge on any atom is -0.481 e. The molecule has 2 fully saturated rings. The molecule has 0 aromatic rings. The van der Waals surface area contributed by atoms with Crippen molar-refractivity contribution >= 4 is 11.9 Å². The highest BCUT2D eigenvalue weighted by Crippen LogP contribution is 2.45. The van der Waals surface area contributed by atoms with E-state index in [-0.39, 0.29) is 18.5 Å². The van der Waals surface area contributed by atoms with Crippen molar-refractivity contribution in [1.82, 2.24) is 10.6 Å². The number of amides is 1. The van der Waals surface area contributed by atoms with Gasteiger partial charge >= 0.3 is 5.97 Å². The molecule has 1 heterocycles. The van der Waals surface area contributed by atoms with Gasteiger partial charge in [0.1, 0.15) is 0 Å². The van der Waals surface area contributed by atoms with Gasteiger partial charge in [0.25, 0.3) is 0 Å². The summed E-state index contributed by atoms with van der Waals surface area (Å²) < 4.78 is 0. The first-order chi connectivity index (χ1) is 7.14. The molecule has 3 N–H and O–H groups in total. The molecule has 15 heavy (non-hydrogen) atoms. The smallest absolute Gasteiger partial charge is 0.311 e. The molecule has 5 nitrogen and oxygen atoms in total. The predicted molar refractivity (Wildman–Crippen MR) is 53.3 cm³/mol. The first-order valence-corrected chi connectivity index (χ1v) is 5.39. The molecule has 0 radical (unpaired) electrons. The van der Waals surface area contributed by atoms with Gasteiger partial charge in [0.15, 0.2) is 0 Å². The molecule has 2 aliphatic rings. The van der Waals surface area contributed by atoms with Gasteiger partial charge in [-0.15, -0.1) is 0 Å². The maximum atomic E-state index is 11.6. The van der Waals surface area contributed by atoms with Crippen LogP contribution in [-0.4, -0.2) is 36.1 Å². The molecular formula is C10H16N2O3. The maximum absolute atomic E-state index is 11.6. The van der Waals surface area contributed by atoms with Gasteiger partial charge in [-0.1, -0.05) is 0 Å². The first-order valence-electron chi connectivity index (χ1n) is 5.39. The van der Waals surface area contributed by atoms with Gasteiger partial charge in [-0.25, -0.2) is 0 Å². The SMILES string of the molecule is O=C(NCC1(C(=O)O)CC1)[C@@H]1CCCN1. The lowest BCUT2D eigenvalue weighted by molar-refractivity contribution is -0.143. The summed E-state index contributed by atoms with van der Waals surface area (Å²) in [5.41, 5.74) is -0.658. The van der Waals surface area contributed by atoms with Crippen molar-refractivity contribution in [3.05, 3.63) is 0 Å². The number of carboxylic acid groups (broad SMARTS) is 1. The summed E-state index contributed by atoms with van der Waals surface area (Å²) in [4.78, 5) is 22.4. The molecule has 84 valence electrons. The number of hydrogen-bond acceptors (Lipinski definition) is 3. The van der Waals surface area contributed by atoms with Crippen molar-refractivity contribution < 1.29 is 14.7 Å². The Labute approximate surface area is 88.2 Å². The highest BCUT2D eigenvalue weighted by Gasteiger charge is 2.50. The molecule has 1 atom stereocenters. The highest BCUT2D eigenvalue weighted by molar-refractivity contribution is 5.84. The Balaban J connectivity index is 1.78. The van der Waals surface area contributed by atoms with Crippen LogP contribution in [0.3, 0.4) is 0 Å². The monoisotopic (exact) mass is 212 g/mol. The number of carboxylic acids is 1. The van der Waals surface area contributed by atoms with Crippen LogP contribution in [0.15, 0.2) is 0 Å². The lowest BCUT2D eigenvalue weighted by atomic mass is 10.1. The predicted octanol–water partition coefficient (Wildman–Crippen LogP) is -0.281. The van der Waals surface area contributed by atoms with Crippen LogP contribution in [0.4, 0.5) is 0 Å². The fourth-order valence-corrected chi connectivity index (χ4v) is 1.90. The number of carbonyl (C=O) groups is 2. The number of carbonyl (C=O) groups excluding carboxylic acids is 1. The third-order valence-electron chi connectivity index (χ3n) is 3.29. The molecule has 1 amide bonds. The summed E-state index contributed by atoms with van der Waals surface area (Å²) in [6.45, 7) is 1.15. The minimum absolute atomic E-state index is 0.0555. The van der Waals surface area contributed by atoms with Crippen LogP contribution in [0.1, 0.15) is 25.7 Å². The quantitative estimate of drug-likeness (QED) is 0.599. The van der Waals surface area contributed by atoms with E-state index in [4.69, 9.17) is 5.11 Å². The Bertz CT molecular complexity index is 280. The second-order valence-electron chi connectivity index (χ2n) is 4.45. The van der Waals surface area contributed by atoms with E-state index >= 15 is 0 Å². The lowest BCUT2D eigenvalue weighted by Crippen LogP contribution is -2.43. The molecule has 0 aromatic heterocycles. The van der Waals surface area contributed by atoms with E-state index in [1.807, 2.05) is 0 Å². The van der Waals surface area contributed by atoms with E-state index in [9.17, 15) is 9.59 Å². The van der Waals surface area contributed by atoms with Gasteiger partial charge in [0, 0.05) is 6.54 Å². The van der Waals surface area contributed by atoms with E-state index < -0.39 is 11.4 Å². The van der Waals surface area contributed by atoms with Crippen molar-refractivity contribution in [2.45, 2.75) is 31.7 Å². The summed E-state index contributed by atoms with van der Waals surface area (Å²) in [7, 11) is 0. The molecule has 1 aliphatic carbocycles. The van der Waals surface area contributed by atoms with Crippen molar-refractivity contribution in [3.8, 4) is 0 Å². The van der Waals surface area contributed by atoms with Crippen LogP contribution >= 0.6 is 0 Å². The van der Waals surface area contributed by atoms with E-state index in [1.165, 1.54) is 0 Å². The van der Waals surface area contributed by atoms with Gasteiger partial charge in [0.2, 0.25) is 5.91 Å². The Morgan fingerprint density at radius 1 is 1.47 bits per heavy atom. The van der Waals surface area contributed by atoms with Crippen molar-refractivity contribution in [2.75, 3.05) is 13.1 Å². The Kier molecular flexibility index (Phi) is 2.65. The summed E-state index contributed by atoms with van der Waals surface area (Å²) in [6, 6.07) is -0.116. The molecule has 2 rings (SSSR count). The molecule has 0 spiro atoms. The number of hydrogen-bond donors (Lipinski definition) is 3. The van der Waals surface area contributed by atoms with Gasteiger partial charge in [-0.2, -0.15) is 0 Å². The summed E-state index contributed by atoms with van der Waals surface area (Å²) >= 11 is 0. The Morgan fingerprint density at radius 3 is 2.67 bits per heavy atom. The average Bonchev–Trinajstić information content (AvgIpc) is 2.80. The van der Waals surface area contributed by atoms with Crippen molar-refractivity contribution in [3.63, 3.8) is 0 Å². The van der Waals surface area contributed by atoms with E-state index in [0.717, 1.165) is 19.4 Å². The topological polar surface area (TPSA) is 78.4 Å². The third-order valence-corrected chi connectivity index (χ3v) is 3.29. The van der Waals surface area contributed by atoms with E-state index in [1.54, 1.807) is 0 Å². The van der Waals surface area contributed by atoms with Crippen LogP contribution in [0.25, 0.3) is 0 Å². The fourth-order valence-electron chi connectivity index (χ4n) is 1.90. The molecular weight excluding hydrogens is 196 g/mol. The van der Waals surface area contributed by atoms with Crippen molar-refractivity contribution in [2.24, 2.45) is 5.41 Å². The zero-order valence-electron chi connectivity index (χ0n) is 8.58. The van der Waals surface area contributed by atoms with Crippen LogP contribution < -0.4 is 10.6 Å². The molecule has 1 saturated heterocycles. The van der Waals surface area contributed by atoms with Crippen LogP contribution in [0, 0.1) is 5.41 Å². The molecule has 1 saturated carbocycles. The maximum Gasteiger partial charge on any atom is 0.311 e. The number of rotatable bonds is 4. The Hall–Kier alpha value is -1.10. The molecule has 1 aliphatic heterocycles. The van der Waals surface area contributed by atoms with Crippen LogP contribution in [-0.2, 0) is 9.59 Å². The second kappa shape index (κ2) is 3.81. The van der Waals surface area contributed by atoms with Crippen LogP contribution in [0.5, 0.6) is 0 Å². The summed E-state index contributed by atoms with van der Waals surface area (Å²) in [5.74, 6) is -0.845.